The highest BCUT2D eigenvalue weighted by atomic mass is 79.9. The summed E-state index contributed by atoms with van der Waals surface area (Å²) in [6, 6.07) is 15.0. The van der Waals surface area contributed by atoms with Gasteiger partial charge in [-0.25, -0.2) is 5.43 Å². The van der Waals surface area contributed by atoms with Crippen LogP contribution in [0.3, 0.4) is 0 Å². The predicted molar refractivity (Wildman–Crippen MR) is 112 cm³/mol. The van der Waals surface area contributed by atoms with Crippen LogP contribution in [-0.4, -0.2) is 32.6 Å². The SMILES string of the molecule is Cn1c(SCC(=O)N/N=C\c2cccc(Br)c2)nnc1-c1cccc(Cl)c1. The molecule has 1 heterocycles. The van der Waals surface area contributed by atoms with E-state index in [1.807, 2.05) is 54.1 Å². The van der Waals surface area contributed by atoms with Gasteiger partial charge in [-0.1, -0.05) is 63.6 Å². The Morgan fingerprint density at radius 2 is 2.11 bits per heavy atom. The topological polar surface area (TPSA) is 72.2 Å². The Bertz CT molecular complexity index is 991. The van der Waals surface area contributed by atoms with Crippen LogP contribution in [0.4, 0.5) is 0 Å². The molecular formula is C18H15BrClN5OS. The third-order valence-corrected chi connectivity index (χ3v) is 5.25. The number of hydrogen-bond donors (Lipinski definition) is 1. The molecule has 1 aromatic heterocycles. The van der Waals surface area contributed by atoms with Crippen LogP contribution in [0.1, 0.15) is 5.56 Å². The molecule has 0 saturated heterocycles. The summed E-state index contributed by atoms with van der Waals surface area (Å²) in [4.78, 5) is 12.0. The molecule has 0 bridgehead atoms. The summed E-state index contributed by atoms with van der Waals surface area (Å²) in [5.74, 6) is 0.642. The largest absolute Gasteiger partial charge is 0.305 e. The third kappa shape index (κ3) is 5.41. The first kappa shape index (κ1) is 19.6. The molecule has 27 heavy (non-hydrogen) atoms. The maximum absolute atomic E-state index is 12.0. The number of amides is 1. The van der Waals surface area contributed by atoms with Gasteiger partial charge in [0.1, 0.15) is 0 Å². The molecule has 1 N–H and O–H groups in total. The number of nitrogens with zero attached hydrogens (tertiary/aromatic N) is 4. The number of thioether (sulfide) groups is 1. The summed E-state index contributed by atoms with van der Waals surface area (Å²) in [7, 11) is 1.85. The molecule has 2 aromatic carbocycles. The molecule has 0 radical (unpaired) electrons. The van der Waals surface area contributed by atoms with Crippen molar-refractivity contribution in [1.82, 2.24) is 20.2 Å². The van der Waals surface area contributed by atoms with Crippen LogP contribution in [0.25, 0.3) is 11.4 Å². The van der Waals surface area contributed by atoms with Crippen molar-refractivity contribution in [1.29, 1.82) is 0 Å². The highest BCUT2D eigenvalue weighted by molar-refractivity contribution is 9.10. The van der Waals surface area contributed by atoms with Crippen molar-refractivity contribution >= 4 is 51.4 Å². The van der Waals surface area contributed by atoms with Gasteiger partial charge in [-0.05, 0) is 29.8 Å². The first-order valence-electron chi connectivity index (χ1n) is 7.88. The van der Waals surface area contributed by atoms with E-state index >= 15 is 0 Å². The van der Waals surface area contributed by atoms with Crippen LogP contribution in [0.5, 0.6) is 0 Å². The van der Waals surface area contributed by atoms with Crippen molar-refractivity contribution < 1.29 is 4.79 Å². The Morgan fingerprint density at radius 1 is 1.30 bits per heavy atom. The van der Waals surface area contributed by atoms with Gasteiger partial charge in [0, 0.05) is 22.1 Å². The lowest BCUT2D eigenvalue weighted by molar-refractivity contribution is -0.118. The lowest BCUT2D eigenvalue weighted by atomic mass is 10.2. The fourth-order valence-corrected chi connectivity index (χ4v) is 3.56. The smallest absolute Gasteiger partial charge is 0.250 e. The molecular weight excluding hydrogens is 450 g/mol. The van der Waals surface area contributed by atoms with E-state index in [0.29, 0.717) is 16.0 Å². The molecule has 0 saturated carbocycles. The second-order valence-corrected chi connectivity index (χ2v) is 7.81. The van der Waals surface area contributed by atoms with Gasteiger partial charge in [-0.3, -0.25) is 4.79 Å². The molecule has 0 unspecified atom stereocenters. The maximum atomic E-state index is 12.0. The average molecular weight is 465 g/mol. The van der Waals surface area contributed by atoms with Crippen molar-refractivity contribution in [3.63, 3.8) is 0 Å². The van der Waals surface area contributed by atoms with E-state index < -0.39 is 0 Å². The molecule has 0 fully saturated rings. The lowest BCUT2D eigenvalue weighted by Crippen LogP contribution is -2.19. The maximum Gasteiger partial charge on any atom is 0.250 e. The summed E-state index contributed by atoms with van der Waals surface area (Å²) in [5.41, 5.74) is 4.26. The van der Waals surface area contributed by atoms with E-state index in [2.05, 4.69) is 36.7 Å². The van der Waals surface area contributed by atoms with E-state index in [1.54, 1.807) is 12.3 Å². The number of carbonyl (C=O) groups excluding carboxylic acids is 1. The van der Waals surface area contributed by atoms with Crippen molar-refractivity contribution in [3.05, 3.63) is 63.6 Å². The van der Waals surface area contributed by atoms with Crippen molar-refractivity contribution in [2.45, 2.75) is 5.16 Å². The number of hydrazone groups is 1. The molecule has 0 aliphatic heterocycles. The number of benzene rings is 2. The van der Waals surface area contributed by atoms with Crippen LogP contribution in [0, 0.1) is 0 Å². The zero-order chi connectivity index (χ0) is 19.2. The molecule has 1 amide bonds. The van der Waals surface area contributed by atoms with Gasteiger partial charge in [-0.15, -0.1) is 10.2 Å². The first-order chi connectivity index (χ1) is 13.0. The summed E-state index contributed by atoms with van der Waals surface area (Å²) in [6.07, 6.45) is 1.59. The van der Waals surface area contributed by atoms with E-state index in [0.717, 1.165) is 15.6 Å². The predicted octanol–water partition coefficient (Wildman–Crippen LogP) is 4.14. The zero-order valence-electron chi connectivity index (χ0n) is 14.3. The molecule has 0 spiro atoms. The van der Waals surface area contributed by atoms with E-state index in [9.17, 15) is 4.79 Å². The van der Waals surface area contributed by atoms with Gasteiger partial charge in [0.15, 0.2) is 11.0 Å². The highest BCUT2D eigenvalue weighted by Crippen LogP contribution is 2.24. The van der Waals surface area contributed by atoms with Crippen LogP contribution in [-0.2, 0) is 11.8 Å². The van der Waals surface area contributed by atoms with Crippen LogP contribution < -0.4 is 5.43 Å². The fraction of sp³-hybridized carbons (Fsp3) is 0.111. The van der Waals surface area contributed by atoms with E-state index in [1.165, 1.54) is 11.8 Å². The minimum atomic E-state index is -0.224. The van der Waals surface area contributed by atoms with Gasteiger partial charge < -0.3 is 4.57 Å². The molecule has 3 rings (SSSR count). The molecule has 9 heteroatoms. The molecule has 0 aliphatic carbocycles. The Hall–Kier alpha value is -2.16. The van der Waals surface area contributed by atoms with E-state index in [4.69, 9.17) is 11.6 Å². The summed E-state index contributed by atoms with van der Waals surface area (Å²) in [6.45, 7) is 0. The second kappa shape index (κ2) is 9.16. The Balaban J connectivity index is 1.56. The van der Waals surface area contributed by atoms with Crippen LogP contribution in [0.15, 0.2) is 63.3 Å². The Kier molecular flexibility index (Phi) is 6.65. The van der Waals surface area contributed by atoms with Gasteiger partial charge in [0.05, 0.1) is 12.0 Å². The average Bonchev–Trinajstić information content (AvgIpc) is 3.01. The van der Waals surface area contributed by atoms with Crippen molar-refractivity contribution in [2.75, 3.05) is 5.75 Å². The van der Waals surface area contributed by atoms with E-state index in [-0.39, 0.29) is 11.7 Å². The van der Waals surface area contributed by atoms with Crippen LogP contribution in [0.2, 0.25) is 5.02 Å². The number of carbonyl (C=O) groups is 1. The van der Waals surface area contributed by atoms with Crippen molar-refractivity contribution in [2.24, 2.45) is 12.1 Å². The first-order valence-corrected chi connectivity index (χ1v) is 10.0. The minimum absolute atomic E-state index is 0.178. The third-order valence-electron chi connectivity index (χ3n) is 3.50. The summed E-state index contributed by atoms with van der Waals surface area (Å²) >= 11 is 10.7. The molecule has 6 nitrogen and oxygen atoms in total. The highest BCUT2D eigenvalue weighted by Gasteiger charge is 2.13. The Morgan fingerprint density at radius 3 is 2.89 bits per heavy atom. The monoisotopic (exact) mass is 463 g/mol. The second-order valence-electron chi connectivity index (χ2n) is 5.51. The molecule has 3 aromatic rings. The summed E-state index contributed by atoms with van der Waals surface area (Å²) < 4.78 is 2.78. The number of aromatic nitrogens is 3. The number of hydrogen-bond acceptors (Lipinski definition) is 5. The lowest BCUT2D eigenvalue weighted by Gasteiger charge is -2.04. The number of nitrogens with one attached hydrogen (secondary N) is 1. The van der Waals surface area contributed by atoms with Gasteiger partial charge in [0.2, 0.25) is 0 Å². The fourth-order valence-electron chi connectivity index (χ4n) is 2.25. The van der Waals surface area contributed by atoms with Gasteiger partial charge in [-0.2, -0.15) is 5.10 Å². The van der Waals surface area contributed by atoms with Gasteiger partial charge >= 0.3 is 0 Å². The number of halogens is 2. The standard InChI is InChI=1S/C18H15BrClN5OS/c1-25-17(13-5-3-7-15(20)9-13)23-24-18(25)27-11-16(26)22-21-10-12-4-2-6-14(19)8-12/h2-10H,11H2,1H3,(H,22,26)/b21-10-. The summed E-state index contributed by atoms with van der Waals surface area (Å²) in [5, 5.41) is 13.6. The molecule has 0 atom stereocenters. The normalized spacial score (nSPS) is 11.1. The van der Waals surface area contributed by atoms with Gasteiger partial charge in [0.25, 0.3) is 5.91 Å². The minimum Gasteiger partial charge on any atom is -0.305 e. The molecule has 0 aliphatic rings. The Labute approximate surface area is 174 Å². The zero-order valence-corrected chi connectivity index (χ0v) is 17.4. The quantitative estimate of drug-likeness (QED) is 0.338. The molecule has 138 valence electrons. The van der Waals surface area contributed by atoms with Crippen LogP contribution >= 0.6 is 39.3 Å². The van der Waals surface area contributed by atoms with Crippen molar-refractivity contribution in [3.8, 4) is 11.4 Å². The number of rotatable bonds is 6.